The minimum atomic E-state index is -0.0191. The highest BCUT2D eigenvalue weighted by Crippen LogP contribution is 2.57. The highest BCUT2D eigenvalue weighted by atomic mass is 35.5. The molecule has 5 rings (SSSR count). The van der Waals surface area contributed by atoms with Crippen molar-refractivity contribution in [2.24, 2.45) is 16.8 Å². The maximum absolute atomic E-state index is 13.7. The molecule has 1 aliphatic carbocycles. The molecule has 2 fully saturated rings. The van der Waals surface area contributed by atoms with Crippen LogP contribution in [-0.2, 0) is 4.79 Å². The monoisotopic (exact) mass is 417 g/mol. The molecule has 4 aliphatic rings. The quantitative estimate of drug-likeness (QED) is 0.800. The molecule has 1 N–H and O–H groups in total. The summed E-state index contributed by atoms with van der Waals surface area (Å²) in [4.78, 5) is 28.8. The Kier molecular flexibility index (Phi) is 5.58. The van der Waals surface area contributed by atoms with Gasteiger partial charge in [0.05, 0.1) is 28.1 Å². The SMILES string of the molecule is Cl.O=C(C1CSC23CC=CC=C2N=CCC13)N1CCNCC1c1ccncn1. The van der Waals surface area contributed by atoms with Crippen LogP contribution in [0.1, 0.15) is 24.6 Å². The average molecular weight is 418 g/mol. The molecule has 0 saturated carbocycles. The Morgan fingerprint density at radius 2 is 2.32 bits per heavy atom. The maximum atomic E-state index is 13.7. The molecule has 3 aliphatic heterocycles. The number of allylic oxidation sites excluding steroid dienone is 3. The summed E-state index contributed by atoms with van der Waals surface area (Å²) in [7, 11) is 0. The predicted molar refractivity (Wildman–Crippen MR) is 114 cm³/mol. The van der Waals surface area contributed by atoms with Gasteiger partial charge in [0.2, 0.25) is 5.91 Å². The fourth-order valence-corrected chi connectivity index (χ4v) is 6.68. The van der Waals surface area contributed by atoms with Crippen LogP contribution < -0.4 is 5.32 Å². The Balaban J connectivity index is 0.00000192. The summed E-state index contributed by atoms with van der Waals surface area (Å²) in [6, 6.07) is 1.90. The van der Waals surface area contributed by atoms with E-state index < -0.39 is 0 Å². The van der Waals surface area contributed by atoms with Crippen molar-refractivity contribution in [1.82, 2.24) is 20.2 Å². The normalized spacial score (nSPS) is 33.5. The summed E-state index contributed by atoms with van der Waals surface area (Å²) in [5.74, 6) is 1.51. The lowest BCUT2D eigenvalue weighted by Gasteiger charge is -2.42. The third kappa shape index (κ3) is 3.09. The molecule has 1 amide bonds. The molecule has 1 aromatic rings. The van der Waals surface area contributed by atoms with Gasteiger partial charge in [-0.15, -0.1) is 24.2 Å². The first-order valence-electron chi connectivity index (χ1n) is 9.60. The van der Waals surface area contributed by atoms with Crippen molar-refractivity contribution in [1.29, 1.82) is 0 Å². The summed E-state index contributed by atoms with van der Waals surface area (Å²) in [5.41, 5.74) is 2.06. The van der Waals surface area contributed by atoms with Gasteiger partial charge in [0.15, 0.2) is 0 Å². The second kappa shape index (κ2) is 7.97. The molecular weight excluding hydrogens is 394 g/mol. The van der Waals surface area contributed by atoms with E-state index in [0.717, 1.165) is 49.6 Å². The third-order valence-electron chi connectivity index (χ3n) is 6.23. The second-order valence-electron chi connectivity index (χ2n) is 7.53. The van der Waals surface area contributed by atoms with Crippen molar-refractivity contribution in [3.63, 3.8) is 0 Å². The molecule has 6 nitrogen and oxygen atoms in total. The van der Waals surface area contributed by atoms with Crippen LogP contribution in [0.2, 0.25) is 0 Å². The summed E-state index contributed by atoms with van der Waals surface area (Å²) in [6.07, 6.45) is 13.6. The molecule has 8 heteroatoms. The number of piperazine rings is 1. The summed E-state index contributed by atoms with van der Waals surface area (Å²) < 4.78 is -0.0116. The smallest absolute Gasteiger partial charge is 0.227 e. The highest BCUT2D eigenvalue weighted by Gasteiger charge is 2.55. The van der Waals surface area contributed by atoms with Crippen molar-refractivity contribution in [3.8, 4) is 0 Å². The van der Waals surface area contributed by atoms with Gasteiger partial charge in [0, 0.05) is 37.8 Å². The Labute approximate surface area is 175 Å². The first kappa shape index (κ1) is 19.6. The van der Waals surface area contributed by atoms with Crippen molar-refractivity contribution in [2.75, 3.05) is 25.4 Å². The molecule has 4 unspecified atom stereocenters. The third-order valence-corrected chi connectivity index (χ3v) is 7.95. The number of aliphatic imine (C=N–C) groups is 1. The molecule has 4 heterocycles. The number of thioether (sulfide) groups is 1. The van der Waals surface area contributed by atoms with E-state index in [0.29, 0.717) is 5.92 Å². The van der Waals surface area contributed by atoms with Gasteiger partial charge in [-0.3, -0.25) is 9.79 Å². The van der Waals surface area contributed by atoms with E-state index in [9.17, 15) is 4.79 Å². The number of carbonyl (C=O) groups excluding carboxylic acids is 1. The molecule has 4 atom stereocenters. The zero-order valence-corrected chi connectivity index (χ0v) is 17.2. The van der Waals surface area contributed by atoms with Crippen LogP contribution in [-0.4, -0.2) is 57.1 Å². The number of carbonyl (C=O) groups is 1. The number of rotatable bonds is 2. The van der Waals surface area contributed by atoms with Crippen molar-refractivity contribution in [3.05, 3.63) is 48.2 Å². The molecule has 28 heavy (non-hydrogen) atoms. The molecule has 0 radical (unpaired) electrons. The van der Waals surface area contributed by atoms with Crippen LogP contribution in [0.5, 0.6) is 0 Å². The topological polar surface area (TPSA) is 70.5 Å². The molecule has 1 aromatic heterocycles. The van der Waals surface area contributed by atoms with Gasteiger partial charge in [-0.2, -0.15) is 0 Å². The number of hydrogen-bond acceptors (Lipinski definition) is 6. The van der Waals surface area contributed by atoms with Gasteiger partial charge in [-0.1, -0.05) is 12.2 Å². The summed E-state index contributed by atoms with van der Waals surface area (Å²) in [5, 5.41) is 3.41. The Morgan fingerprint density at radius 3 is 3.18 bits per heavy atom. The lowest BCUT2D eigenvalue weighted by molar-refractivity contribution is -0.140. The van der Waals surface area contributed by atoms with E-state index in [-0.39, 0.29) is 35.0 Å². The van der Waals surface area contributed by atoms with E-state index in [2.05, 4.69) is 43.4 Å². The van der Waals surface area contributed by atoms with E-state index in [4.69, 9.17) is 0 Å². The predicted octanol–water partition coefficient (Wildman–Crippen LogP) is 2.41. The second-order valence-corrected chi connectivity index (χ2v) is 8.88. The zero-order valence-electron chi connectivity index (χ0n) is 15.5. The molecule has 0 bridgehead atoms. The lowest BCUT2D eigenvalue weighted by Crippen LogP contribution is -2.52. The first-order chi connectivity index (χ1) is 13.3. The molecule has 0 aromatic carbocycles. The van der Waals surface area contributed by atoms with Gasteiger partial charge < -0.3 is 10.2 Å². The molecule has 2 saturated heterocycles. The Hall–Kier alpha value is -1.70. The van der Waals surface area contributed by atoms with Crippen molar-refractivity contribution < 1.29 is 4.79 Å². The molecule has 148 valence electrons. The summed E-state index contributed by atoms with van der Waals surface area (Å²) >= 11 is 1.93. The summed E-state index contributed by atoms with van der Waals surface area (Å²) in [6.45, 7) is 2.30. The Morgan fingerprint density at radius 1 is 1.39 bits per heavy atom. The number of aromatic nitrogens is 2. The highest BCUT2D eigenvalue weighted by molar-refractivity contribution is 8.01. The molecule has 1 spiro atoms. The fourth-order valence-electron chi connectivity index (χ4n) is 4.87. The van der Waals surface area contributed by atoms with Crippen LogP contribution in [0.4, 0.5) is 0 Å². The lowest BCUT2D eigenvalue weighted by atomic mass is 9.73. The molecular formula is C20H24ClN5OS. The van der Waals surface area contributed by atoms with Crippen molar-refractivity contribution >= 4 is 36.3 Å². The van der Waals surface area contributed by atoms with Gasteiger partial charge in [-0.25, -0.2) is 9.97 Å². The van der Waals surface area contributed by atoms with Gasteiger partial charge in [0.1, 0.15) is 6.33 Å². The van der Waals surface area contributed by atoms with Crippen LogP contribution in [0, 0.1) is 11.8 Å². The van der Waals surface area contributed by atoms with E-state index in [1.165, 1.54) is 0 Å². The van der Waals surface area contributed by atoms with Gasteiger partial charge in [-0.05, 0) is 30.9 Å². The number of hydrogen-bond donors (Lipinski definition) is 1. The standard InChI is InChI=1S/C20H23N5OS.ClH/c26-19(25-10-9-21-11-17(25)16-5-7-22-13-24-16)14-12-27-20-6-2-1-3-18(20)23-8-4-15(14)20;/h1-3,5,7-8,13-15,17,21H,4,6,9-12H2;1H. The van der Waals surface area contributed by atoms with Crippen molar-refractivity contribution in [2.45, 2.75) is 23.6 Å². The number of amides is 1. The fraction of sp³-hybridized carbons (Fsp3) is 0.500. The number of nitrogens with one attached hydrogen (secondary N) is 1. The van der Waals surface area contributed by atoms with E-state index >= 15 is 0 Å². The van der Waals surface area contributed by atoms with Gasteiger partial charge in [0.25, 0.3) is 0 Å². The van der Waals surface area contributed by atoms with Crippen LogP contribution >= 0.6 is 24.2 Å². The minimum absolute atomic E-state index is 0. The maximum Gasteiger partial charge on any atom is 0.227 e. The largest absolute Gasteiger partial charge is 0.331 e. The van der Waals surface area contributed by atoms with Crippen LogP contribution in [0.25, 0.3) is 0 Å². The number of halogens is 1. The van der Waals surface area contributed by atoms with Crippen LogP contribution in [0.15, 0.2) is 47.5 Å². The van der Waals surface area contributed by atoms with E-state index in [1.54, 1.807) is 12.5 Å². The first-order valence-corrected chi connectivity index (χ1v) is 10.6. The zero-order chi connectivity index (χ0) is 18.3. The minimum Gasteiger partial charge on any atom is -0.331 e. The van der Waals surface area contributed by atoms with Crippen LogP contribution in [0.3, 0.4) is 0 Å². The van der Waals surface area contributed by atoms with E-state index in [1.807, 2.05) is 24.0 Å². The van der Waals surface area contributed by atoms with Gasteiger partial charge >= 0.3 is 0 Å². The average Bonchev–Trinajstić information content (AvgIpc) is 3.12. The number of nitrogens with zero attached hydrogens (tertiary/aromatic N) is 4. The Bertz CT molecular complexity index is 829.